The summed E-state index contributed by atoms with van der Waals surface area (Å²) in [6.07, 6.45) is 0.735. The summed E-state index contributed by atoms with van der Waals surface area (Å²) in [4.78, 5) is 37.1. The highest BCUT2D eigenvalue weighted by Gasteiger charge is 2.24. The Bertz CT molecular complexity index is 1100. The first-order valence-electron chi connectivity index (χ1n) is 9.93. The van der Waals surface area contributed by atoms with Crippen molar-refractivity contribution in [3.05, 3.63) is 47.4 Å². The molecule has 1 aromatic carbocycles. The van der Waals surface area contributed by atoms with E-state index in [1.165, 1.54) is 6.33 Å². The lowest BCUT2D eigenvalue weighted by atomic mass is 10.2. The zero-order chi connectivity index (χ0) is 23.3. The minimum atomic E-state index is -0.695. The zero-order valence-electron chi connectivity index (χ0n) is 18.0. The molecule has 0 aliphatic carbocycles. The fourth-order valence-corrected chi connectivity index (χ4v) is 3.15. The normalized spacial score (nSPS) is 12.4. The molecule has 10 nitrogen and oxygen atoms in total. The lowest BCUT2D eigenvalue weighted by Gasteiger charge is -2.23. The number of nitrogen functional groups attached to an aromatic ring is 1. The van der Waals surface area contributed by atoms with Crippen LogP contribution in [0.4, 0.5) is 10.7 Å². The van der Waals surface area contributed by atoms with Crippen LogP contribution in [0.3, 0.4) is 0 Å². The molecule has 0 fully saturated rings. The molecule has 0 spiro atoms. The molecule has 0 bridgehead atoms. The van der Waals surface area contributed by atoms with Crippen LogP contribution in [0.1, 0.15) is 32.8 Å². The van der Waals surface area contributed by atoms with Crippen molar-refractivity contribution in [2.24, 2.45) is 0 Å². The Hall–Kier alpha value is -3.40. The monoisotopic (exact) mass is 460 g/mol. The summed E-state index contributed by atoms with van der Waals surface area (Å²) < 4.78 is 12.3. The molecule has 0 aliphatic heterocycles. The van der Waals surface area contributed by atoms with Crippen LogP contribution in [-0.2, 0) is 27.4 Å². The molecule has 1 amide bonds. The second-order valence-electron chi connectivity index (χ2n) is 8.14. The van der Waals surface area contributed by atoms with Crippen LogP contribution in [0.25, 0.3) is 11.2 Å². The minimum absolute atomic E-state index is 0.0110. The number of fused-ring (bicyclic) bond motifs is 1. The summed E-state index contributed by atoms with van der Waals surface area (Å²) in [5.74, 6) is -0.491. The summed E-state index contributed by atoms with van der Waals surface area (Å²) in [6.45, 7) is 5.54. The number of alkyl carbamates (subject to hydrolysis) is 1. The highest BCUT2D eigenvalue weighted by molar-refractivity contribution is 6.33. The average Bonchev–Trinajstić information content (AvgIpc) is 3.08. The number of nitrogens with zero attached hydrogens (tertiary/aromatic N) is 4. The first-order chi connectivity index (χ1) is 15.1. The van der Waals surface area contributed by atoms with E-state index in [1.807, 2.05) is 30.3 Å². The standard InChI is InChI=1S/C21H25ClN6O4/c1-21(2,3)32-20(30)25-14(9-15(29)31-11-13-7-5-4-6-8-13)10-28-12-24-16-17(22)26-19(23)27-18(16)28/h4-8,12,14H,9-11H2,1-3H3,(H,25,30)(H2,23,26,27)/t14-/m0/s1. The van der Waals surface area contributed by atoms with Crippen LogP contribution in [0.2, 0.25) is 5.15 Å². The first kappa shape index (κ1) is 23.3. The van der Waals surface area contributed by atoms with Gasteiger partial charge in [0, 0.05) is 6.54 Å². The van der Waals surface area contributed by atoms with Crippen LogP contribution >= 0.6 is 11.6 Å². The number of esters is 1. The molecule has 3 aromatic rings. The number of nitrogens with one attached hydrogen (secondary N) is 1. The van der Waals surface area contributed by atoms with Gasteiger partial charge in [-0.05, 0) is 26.3 Å². The minimum Gasteiger partial charge on any atom is -0.461 e. The molecule has 11 heteroatoms. The van der Waals surface area contributed by atoms with E-state index in [2.05, 4.69) is 20.3 Å². The van der Waals surface area contributed by atoms with Gasteiger partial charge < -0.3 is 25.1 Å². The molecule has 3 rings (SSSR count). The van der Waals surface area contributed by atoms with Crippen LogP contribution in [0.5, 0.6) is 0 Å². The van der Waals surface area contributed by atoms with Crippen LogP contribution < -0.4 is 11.1 Å². The van der Waals surface area contributed by atoms with Crippen LogP contribution in [-0.4, -0.2) is 43.2 Å². The van der Waals surface area contributed by atoms with Crippen molar-refractivity contribution in [3.8, 4) is 0 Å². The highest BCUT2D eigenvalue weighted by Crippen LogP contribution is 2.20. The van der Waals surface area contributed by atoms with Crippen molar-refractivity contribution in [3.63, 3.8) is 0 Å². The van der Waals surface area contributed by atoms with E-state index in [9.17, 15) is 9.59 Å². The van der Waals surface area contributed by atoms with Gasteiger partial charge in [0.25, 0.3) is 0 Å². The quantitative estimate of drug-likeness (QED) is 0.405. The molecule has 3 N–H and O–H groups in total. The van der Waals surface area contributed by atoms with E-state index in [0.717, 1.165) is 5.56 Å². The van der Waals surface area contributed by atoms with E-state index in [4.69, 9.17) is 26.8 Å². The smallest absolute Gasteiger partial charge is 0.407 e. The summed E-state index contributed by atoms with van der Waals surface area (Å²) >= 11 is 6.08. The molecule has 0 saturated carbocycles. The van der Waals surface area contributed by atoms with Gasteiger partial charge in [0.15, 0.2) is 10.8 Å². The van der Waals surface area contributed by atoms with Crippen LogP contribution in [0, 0.1) is 0 Å². The number of hydrogen-bond donors (Lipinski definition) is 2. The Morgan fingerprint density at radius 3 is 2.62 bits per heavy atom. The number of rotatable bonds is 7. The number of amides is 1. The second kappa shape index (κ2) is 9.82. The predicted molar refractivity (Wildman–Crippen MR) is 119 cm³/mol. The van der Waals surface area contributed by atoms with Crippen LogP contribution in [0.15, 0.2) is 36.7 Å². The molecular formula is C21H25ClN6O4. The van der Waals surface area contributed by atoms with Gasteiger partial charge in [0.2, 0.25) is 5.95 Å². The number of ether oxygens (including phenoxy) is 2. The van der Waals surface area contributed by atoms with E-state index in [0.29, 0.717) is 11.2 Å². The van der Waals surface area contributed by atoms with E-state index < -0.39 is 23.7 Å². The fourth-order valence-electron chi connectivity index (χ4n) is 2.93. The summed E-state index contributed by atoms with van der Waals surface area (Å²) in [6, 6.07) is 8.65. The topological polar surface area (TPSA) is 134 Å². The Morgan fingerprint density at radius 1 is 1.22 bits per heavy atom. The number of halogens is 1. The van der Waals surface area contributed by atoms with Crippen molar-refractivity contribution in [2.75, 3.05) is 5.73 Å². The Labute approximate surface area is 190 Å². The van der Waals surface area contributed by atoms with E-state index in [-0.39, 0.29) is 30.7 Å². The van der Waals surface area contributed by atoms with Gasteiger partial charge in [-0.2, -0.15) is 9.97 Å². The number of anilines is 1. The Kier molecular flexibility index (Phi) is 7.14. The van der Waals surface area contributed by atoms with Crippen molar-refractivity contribution in [1.82, 2.24) is 24.8 Å². The SMILES string of the molecule is CC(C)(C)OC(=O)N[C@@H](CC(=O)OCc1ccccc1)Cn1cnc2c(Cl)nc(N)nc21. The third-order valence-corrected chi connectivity index (χ3v) is 4.50. The molecule has 1 atom stereocenters. The molecular weight excluding hydrogens is 436 g/mol. The first-order valence-corrected chi connectivity index (χ1v) is 10.3. The molecule has 2 aromatic heterocycles. The molecule has 0 unspecified atom stereocenters. The number of aromatic nitrogens is 4. The lowest BCUT2D eigenvalue weighted by molar-refractivity contribution is -0.145. The van der Waals surface area contributed by atoms with Gasteiger partial charge in [0.05, 0.1) is 18.8 Å². The van der Waals surface area contributed by atoms with Gasteiger partial charge in [-0.25, -0.2) is 9.78 Å². The van der Waals surface area contributed by atoms with Gasteiger partial charge in [0.1, 0.15) is 17.7 Å². The number of hydrogen-bond acceptors (Lipinski definition) is 8. The van der Waals surface area contributed by atoms with Gasteiger partial charge in [-0.3, -0.25) is 4.79 Å². The van der Waals surface area contributed by atoms with Gasteiger partial charge in [-0.1, -0.05) is 41.9 Å². The largest absolute Gasteiger partial charge is 0.461 e. The summed E-state index contributed by atoms with van der Waals surface area (Å²) in [5.41, 5.74) is 6.61. The predicted octanol–water partition coefficient (Wildman–Crippen LogP) is 3.09. The number of carbonyl (C=O) groups excluding carboxylic acids is 2. The second-order valence-corrected chi connectivity index (χ2v) is 8.49. The van der Waals surface area contributed by atoms with Gasteiger partial charge >= 0.3 is 12.1 Å². The third kappa shape index (κ3) is 6.55. The maximum Gasteiger partial charge on any atom is 0.407 e. The number of imidazole rings is 1. The lowest BCUT2D eigenvalue weighted by Crippen LogP contribution is -2.42. The Balaban J connectivity index is 1.74. The molecule has 0 radical (unpaired) electrons. The average molecular weight is 461 g/mol. The number of nitrogens with two attached hydrogens (primary N) is 1. The Morgan fingerprint density at radius 2 is 1.94 bits per heavy atom. The number of carbonyl (C=O) groups is 2. The third-order valence-electron chi connectivity index (χ3n) is 4.23. The van der Waals surface area contributed by atoms with Crippen molar-refractivity contribution >= 4 is 40.8 Å². The van der Waals surface area contributed by atoms with Crippen molar-refractivity contribution in [1.29, 1.82) is 0 Å². The maximum atomic E-state index is 12.5. The zero-order valence-corrected chi connectivity index (χ0v) is 18.8. The van der Waals surface area contributed by atoms with Crippen molar-refractivity contribution in [2.45, 2.75) is 52.0 Å². The van der Waals surface area contributed by atoms with Gasteiger partial charge in [-0.15, -0.1) is 0 Å². The molecule has 0 aliphatic rings. The fraction of sp³-hybridized carbons (Fsp3) is 0.381. The molecule has 2 heterocycles. The summed E-state index contributed by atoms with van der Waals surface area (Å²) in [7, 11) is 0. The molecule has 32 heavy (non-hydrogen) atoms. The highest BCUT2D eigenvalue weighted by atomic mass is 35.5. The molecule has 170 valence electrons. The maximum absolute atomic E-state index is 12.5. The number of benzene rings is 1. The van der Waals surface area contributed by atoms with E-state index >= 15 is 0 Å². The summed E-state index contributed by atoms with van der Waals surface area (Å²) in [5, 5.41) is 2.83. The van der Waals surface area contributed by atoms with Crippen molar-refractivity contribution < 1.29 is 19.1 Å². The molecule has 0 saturated heterocycles. The van der Waals surface area contributed by atoms with E-state index in [1.54, 1.807) is 25.3 Å².